The van der Waals surface area contributed by atoms with Crippen molar-refractivity contribution in [3.63, 3.8) is 0 Å². The highest BCUT2D eigenvalue weighted by molar-refractivity contribution is 7.99. The van der Waals surface area contributed by atoms with Crippen LogP contribution in [0.1, 0.15) is 12.5 Å². The third-order valence-electron chi connectivity index (χ3n) is 4.79. The van der Waals surface area contributed by atoms with Crippen molar-refractivity contribution in [2.24, 2.45) is 5.10 Å². The Morgan fingerprint density at radius 3 is 2.69 bits per heavy atom. The molecular formula is C25H22ClN5O3S. The maximum absolute atomic E-state index is 12.4. The normalized spacial score (nSPS) is 11.0. The van der Waals surface area contributed by atoms with Gasteiger partial charge in [0.05, 0.1) is 29.2 Å². The number of aromatic amines is 1. The summed E-state index contributed by atoms with van der Waals surface area (Å²) >= 11 is 7.32. The summed E-state index contributed by atoms with van der Waals surface area (Å²) in [6, 6.07) is 21.3. The van der Waals surface area contributed by atoms with Gasteiger partial charge in [-0.2, -0.15) is 9.67 Å². The van der Waals surface area contributed by atoms with Crippen LogP contribution in [-0.2, 0) is 4.79 Å². The smallest absolute Gasteiger partial charge is 0.342 e. The molecule has 3 aromatic carbocycles. The third-order valence-corrected chi connectivity index (χ3v) is 5.98. The van der Waals surface area contributed by atoms with Crippen molar-refractivity contribution in [3.05, 3.63) is 83.4 Å². The molecule has 0 spiro atoms. The molecule has 0 aliphatic heterocycles. The Bertz CT molecular complexity index is 1320. The molecule has 10 heteroatoms. The Balaban J connectivity index is 1.52. The number of carbonyl (C=O) groups is 1. The number of thioether (sulfide) groups is 1. The molecule has 0 saturated carbocycles. The molecule has 0 bridgehead atoms. The van der Waals surface area contributed by atoms with Gasteiger partial charge < -0.3 is 9.84 Å². The first-order valence-corrected chi connectivity index (χ1v) is 12.1. The van der Waals surface area contributed by atoms with Gasteiger partial charge in [0.15, 0.2) is 0 Å². The van der Waals surface area contributed by atoms with Crippen LogP contribution in [0.15, 0.2) is 83.1 Å². The van der Waals surface area contributed by atoms with Gasteiger partial charge in [0.2, 0.25) is 0 Å². The lowest BCUT2D eigenvalue weighted by Crippen LogP contribution is -2.34. The van der Waals surface area contributed by atoms with Gasteiger partial charge in [-0.3, -0.25) is 4.79 Å². The van der Waals surface area contributed by atoms with Crippen LogP contribution in [0.5, 0.6) is 11.5 Å². The SMILES string of the molecule is CCOc1ccc(-[n+]2c(SCC(=O)N/N=C/c3cccc([O-])c3)n[nH]c2-c2ccc(Cl)cc2)cc1. The molecule has 0 radical (unpaired) electrons. The lowest BCUT2D eigenvalue weighted by atomic mass is 10.2. The molecule has 0 unspecified atom stereocenters. The minimum absolute atomic E-state index is 0.0842. The van der Waals surface area contributed by atoms with Crippen molar-refractivity contribution in [2.75, 3.05) is 12.4 Å². The monoisotopic (exact) mass is 507 g/mol. The Morgan fingerprint density at radius 2 is 1.97 bits per heavy atom. The number of ether oxygens (including phenoxy) is 1. The Morgan fingerprint density at radius 1 is 1.20 bits per heavy atom. The number of hydrogen-bond donors (Lipinski definition) is 2. The second-order valence-electron chi connectivity index (χ2n) is 7.28. The minimum atomic E-state index is -0.307. The van der Waals surface area contributed by atoms with Crippen molar-refractivity contribution >= 4 is 35.5 Å². The van der Waals surface area contributed by atoms with Crippen LogP contribution in [0.2, 0.25) is 5.02 Å². The Kier molecular flexibility index (Phi) is 8.02. The minimum Gasteiger partial charge on any atom is -0.872 e. The van der Waals surface area contributed by atoms with E-state index in [2.05, 4.69) is 20.7 Å². The zero-order valence-electron chi connectivity index (χ0n) is 18.8. The first-order chi connectivity index (χ1) is 17.0. The van der Waals surface area contributed by atoms with Crippen molar-refractivity contribution in [1.29, 1.82) is 0 Å². The van der Waals surface area contributed by atoms with Crippen LogP contribution in [0.3, 0.4) is 0 Å². The number of carbonyl (C=O) groups excluding carboxylic acids is 1. The van der Waals surface area contributed by atoms with E-state index in [4.69, 9.17) is 16.3 Å². The lowest BCUT2D eigenvalue weighted by Gasteiger charge is -2.07. The molecule has 4 rings (SSSR count). The van der Waals surface area contributed by atoms with E-state index in [0.717, 1.165) is 22.8 Å². The van der Waals surface area contributed by atoms with Crippen LogP contribution in [0.25, 0.3) is 17.1 Å². The number of amides is 1. The summed E-state index contributed by atoms with van der Waals surface area (Å²) in [7, 11) is 0. The van der Waals surface area contributed by atoms with Crippen LogP contribution >= 0.6 is 23.4 Å². The average molecular weight is 508 g/mol. The molecule has 2 N–H and O–H groups in total. The summed E-state index contributed by atoms with van der Waals surface area (Å²) in [5.74, 6) is 1.16. The fourth-order valence-corrected chi connectivity index (χ4v) is 4.12. The van der Waals surface area contributed by atoms with E-state index in [-0.39, 0.29) is 17.4 Å². The molecule has 35 heavy (non-hydrogen) atoms. The van der Waals surface area contributed by atoms with Gasteiger partial charge in [-0.05, 0) is 72.8 Å². The van der Waals surface area contributed by atoms with Gasteiger partial charge in [-0.25, -0.2) is 5.43 Å². The molecule has 1 heterocycles. The first kappa shape index (κ1) is 24.3. The van der Waals surface area contributed by atoms with Gasteiger partial charge in [-0.1, -0.05) is 35.9 Å². The average Bonchev–Trinajstić information content (AvgIpc) is 3.28. The summed E-state index contributed by atoms with van der Waals surface area (Å²) in [4.78, 5) is 12.4. The second-order valence-corrected chi connectivity index (χ2v) is 8.66. The summed E-state index contributed by atoms with van der Waals surface area (Å²) < 4.78 is 7.49. The molecule has 0 atom stereocenters. The van der Waals surface area contributed by atoms with Crippen molar-refractivity contribution in [2.45, 2.75) is 12.1 Å². The number of halogens is 1. The molecule has 0 aliphatic rings. The van der Waals surface area contributed by atoms with Crippen molar-refractivity contribution < 1.29 is 19.2 Å². The van der Waals surface area contributed by atoms with Gasteiger partial charge >= 0.3 is 5.16 Å². The lowest BCUT2D eigenvalue weighted by molar-refractivity contribution is -0.625. The maximum atomic E-state index is 12.4. The highest BCUT2D eigenvalue weighted by Crippen LogP contribution is 2.23. The number of nitrogens with zero attached hydrogens (tertiary/aromatic N) is 3. The van der Waals surface area contributed by atoms with E-state index < -0.39 is 0 Å². The van der Waals surface area contributed by atoms with E-state index in [9.17, 15) is 9.90 Å². The van der Waals surface area contributed by atoms with Gasteiger partial charge in [0, 0.05) is 5.02 Å². The number of nitrogens with one attached hydrogen (secondary N) is 2. The molecular weight excluding hydrogens is 486 g/mol. The van der Waals surface area contributed by atoms with E-state index in [1.807, 2.05) is 47.9 Å². The molecule has 4 aromatic rings. The predicted molar refractivity (Wildman–Crippen MR) is 134 cm³/mol. The number of aromatic nitrogens is 3. The Labute approximate surface area is 211 Å². The van der Waals surface area contributed by atoms with Gasteiger partial charge in [0.25, 0.3) is 11.7 Å². The Hall–Kier alpha value is -3.82. The van der Waals surface area contributed by atoms with E-state index in [0.29, 0.717) is 22.3 Å². The van der Waals surface area contributed by atoms with Crippen molar-refractivity contribution in [3.8, 4) is 28.6 Å². The fraction of sp³-hybridized carbons (Fsp3) is 0.120. The highest BCUT2D eigenvalue weighted by Gasteiger charge is 2.24. The van der Waals surface area contributed by atoms with Crippen LogP contribution in [-0.4, -0.2) is 34.7 Å². The molecule has 1 aromatic heterocycles. The summed E-state index contributed by atoms with van der Waals surface area (Å²) in [5.41, 5.74) is 4.82. The van der Waals surface area contributed by atoms with E-state index in [1.165, 1.54) is 30.1 Å². The van der Waals surface area contributed by atoms with Gasteiger partial charge in [0.1, 0.15) is 11.4 Å². The summed E-state index contributed by atoms with van der Waals surface area (Å²) in [5, 5.41) is 24.1. The molecule has 1 amide bonds. The maximum Gasteiger partial charge on any atom is 0.342 e. The molecule has 0 fully saturated rings. The fourth-order valence-electron chi connectivity index (χ4n) is 3.23. The molecule has 0 saturated heterocycles. The number of benzene rings is 3. The second kappa shape index (κ2) is 11.5. The standard InChI is InChI=1S/C25H22ClN5O3S/c1-2-34-22-12-10-20(11-13-22)31-24(18-6-8-19(26)9-7-18)29-30-25(31)35-16-23(33)28-27-15-17-4-3-5-21(32)14-17/h3-15H,2,16H2,1H3,(H2,28,32,33)/b27-15+. The predicted octanol–water partition coefficient (Wildman–Crippen LogP) is 3.72. The third kappa shape index (κ3) is 6.40. The topological polar surface area (TPSA) is 106 Å². The zero-order chi connectivity index (χ0) is 24.6. The number of hydrazone groups is 1. The number of rotatable bonds is 9. The number of H-pyrrole nitrogens is 1. The summed E-state index contributed by atoms with van der Waals surface area (Å²) in [6.07, 6.45) is 1.43. The highest BCUT2D eigenvalue weighted by atomic mass is 35.5. The zero-order valence-corrected chi connectivity index (χ0v) is 20.3. The van der Waals surface area contributed by atoms with Crippen LogP contribution in [0.4, 0.5) is 0 Å². The molecule has 178 valence electrons. The number of hydrogen-bond acceptors (Lipinski definition) is 6. The van der Waals surface area contributed by atoms with Crippen LogP contribution < -0.4 is 19.8 Å². The van der Waals surface area contributed by atoms with E-state index >= 15 is 0 Å². The molecule has 8 nitrogen and oxygen atoms in total. The summed E-state index contributed by atoms with van der Waals surface area (Å²) in [6.45, 7) is 2.51. The van der Waals surface area contributed by atoms with Crippen molar-refractivity contribution in [1.82, 2.24) is 15.6 Å². The quantitative estimate of drug-likeness (QED) is 0.155. The van der Waals surface area contributed by atoms with Gasteiger partial charge in [-0.15, -0.1) is 10.8 Å². The van der Waals surface area contributed by atoms with E-state index in [1.54, 1.807) is 24.3 Å². The molecule has 0 aliphatic carbocycles. The van der Waals surface area contributed by atoms with Crippen LogP contribution in [0, 0.1) is 0 Å². The largest absolute Gasteiger partial charge is 0.872 e. The first-order valence-electron chi connectivity index (χ1n) is 10.7.